The van der Waals surface area contributed by atoms with Gasteiger partial charge in [-0.25, -0.2) is 4.68 Å². The summed E-state index contributed by atoms with van der Waals surface area (Å²) in [4.78, 5) is 17.0. The third-order valence-corrected chi connectivity index (χ3v) is 5.39. The Labute approximate surface area is 145 Å². The molecule has 0 bridgehead atoms. The van der Waals surface area contributed by atoms with Crippen LogP contribution in [0.5, 0.6) is 0 Å². The van der Waals surface area contributed by atoms with Gasteiger partial charge in [0.2, 0.25) is 5.91 Å². The number of rotatable bonds is 4. The van der Waals surface area contributed by atoms with E-state index in [-0.39, 0.29) is 5.92 Å². The smallest absolute Gasteiger partial charge is 0.225 e. The average Bonchev–Trinajstić information content (AvgIpc) is 2.86. The van der Waals surface area contributed by atoms with Crippen LogP contribution in [0.15, 0.2) is 6.20 Å². The van der Waals surface area contributed by atoms with Crippen LogP contribution in [-0.4, -0.2) is 57.9 Å². The molecule has 0 atom stereocenters. The predicted molar refractivity (Wildman–Crippen MR) is 93.5 cm³/mol. The Morgan fingerprint density at radius 1 is 1.12 bits per heavy atom. The molecule has 6 heteroatoms. The van der Waals surface area contributed by atoms with Gasteiger partial charge < -0.3 is 9.80 Å². The summed E-state index contributed by atoms with van der Waals surface area (Å²) < 4.78 is 2.01. The second-order valence-electron chi connectivity index (χ2n) is 7.67. The van der Waals surface area contributed by atoms with Gasteiger partial charge in [-0.3, -0.25) is 4.79 Å². The van der Waals surface area contributed by atoms with E-state index in [9.17, 15) is 4.79 Å². The van der Waals surface area contributed by atoms with Crippen LogP contribution in [0.2, 0.25) is 0 Å². The van der Waals surface area contributed by atoms with Gasteiger partial charge in [0.05, 0.1) is 17.9 Å². The van der Waals surface area contributed by atoms with Crippen LogP contribution in [0.4, 0.5) is 0 Å². The van der Waals surface area contributed by atoms with Gasteiger partial charge in [0.25, 0.3) is 0 Å². The first-order valence-electron chi connectivity index (χ1n) is 9.47. The lowest BCUT2D eigenvalue weighted by atomic mass is 9.96. The van der Waals surface area contributed by atoms with E-state index in [1.807, 2.05) is 18.8 Å². The van der Waals surface area contributed by atoms with Gasteiger partial charge in [0, 0.05) is 25.6 Å². The molecule has 0 unspecified atom stereocenters. The fourth-order valence-corrected chi connectivity index (χ4v) is 4.02. The van der Waals surface area contributed by atoms with Crippen molar-refractivity contribution in [1.29, 1.82) is 0 Å². The van der Waals surface area contributed by atoms with Crippen LogP contribution in [0.25, 0.3) is 0 Å². The van der Waals surface area contributed by atoms with Gasteiger partial charge in [0.15, 0.2) is 0 Å². The molecule has 6 nitrogen and oxygen atoms in total. The van der Waals surface area contributed by atoms with Gasteiger partial charge in [-0.05, 0) is 39.8 Å². The molecule has 1 saturated heterocycles. The van der Waals surface area contributed by atoms with E-state index in [0.717, 1.165) is 51.0 Å². The van der Waals surface area contributed by atoms with Crippen molar-refractivity contribution in [2.75, 3.05) is 27.2 Å². The summed E-state index contributed by atoms with van der Waals surface area (Å²) in [5.74, 6) is 0.685. The molecule has 2 aliphatic rings. The van der Waals surface area contributed by atoms with E-state index in [2.05, 4.69) is 26.3 Å². The van der Waals surface area contributed by atoms with Crippen molar-refractivity contribution < 1.29 is 4.79 Å². The Balaban J connectivity index is 1.51. The van der Waals surface area contributed by atoms with E-state index < -0.39 is 0 Å². The molecule has 0 spiro atoms. The van der Waals surface area contributed by atoms with Crippen LogP contribution < -0.4 is 0 Å². The normalized spacial score (nSPS) is 21.2. The number of carbonyl (C=O) groups excluding carboxylic acids is 1. The quantitative estimate of drug-likeness (QED) is 0.794. The summed E-state index contributed by atoms with van der Waals surface area (Å²) in [6, 6.07) is 0.381. The number of piperidine rings is 1. The van der Waals surface area contributed by atoms with Crippen LogP contribution in [0.3, 0.4) is 0 Å². The van der Waals surface area contributed by atoms with Gasteiger partial charge in [0.1, 0.15) is 0 Å². The molecule has 2 heterocycles. The van der Waals surface area contributed by atoms with Crippen molar-refractivity contribution in [3.05, 3.63) is 11.9 Å². The lowest BCUT2D eigenvalue weighted by molar-refractivity contribution is -0.137. The van der Waals surface area contributed by atoms with E-state index >= 15 is 0 Å². The molecule has 24 heavy (non-hydrogen) atoms. The number of hydrogen-bond donors (Lipinski definition) is 0. The number of aromatic nitrogens is 3. The second kappa shape index (κ2) is 8.10. The van der Waals surface area contributed by atoms with Crippen molar-refractivity contribution in [2.24, 2.45) is 5.92 Å². The van der Waals surface area contributed by atoms with Crippen LogP contribution >= 0.6 is 0 Å². The third-order valence-electron chi connectivity index (χ3n) is 5.39. The lowest BCUT2D eigenvalue weighted by Crippen LogP contribution is -2.42. The summed E-state index contributed by atoms with van der Waals surface area (Å²) in [7, 11) is 4.08. The molecule has 1 aromatic heterocycles. The molecular weight excluding hydrogens is 302 g/mol. The topological polar surface area (TPSA) is 54.3 Å². The molecule has 0 radical (unpaired) electrons. The Bertz CT molecular complexity index is 525. The Morgan fingerprint density at radius 2 is 1.79 bits per heavy atom. The standard InChI is InChI=1S/C18H31N5O/c1-21(2)13-16-14-23(20-19-16)17-9-11-22(12-10-17)18(24)15-7-5-3-4-6-8-15/h14-15,17H,3-13H2,1-2H3. The highest BCUT2D eigenvalue weighted by atomic mass is 16.2. The van der Waals surface area contributed by atoms with E-state index in [1.54, 1.807) is 0 Å². The van der Waals surface area contributed by atoms with Gasteiger partial charge in [-0.15, -0.1) is 5.10 Å². The molecule has 1 amide bonds. The fraction of sp³-hybridized carbons (Fsp3) is 0.833. The number of likely N-dealkylation sites (tertiary alicyclic amines) is 1. The van der Waals surface area contributed by atoms with E-state index in [4.69, 9.17) is 0 Å². The largest absolute Gasteiger partial charge is 0.342 e. The molecule has 3 rings (SSSR count). The monoisotopic (exact) mass is 333 g/mol. The lowest BCUT2D eigenvalue weighted by Gasteiger charge is -2.34. The number of amides is 1. The molecule has 0 aromatic carbocycles. The Morgan fingerprint density at radius 3 is 2.42 bits per heavy atom. The van der Waals surface area contributed by atoms with Crippen molar-refractivity contribution in [3.63, 3.8) is 0 Å². The van der Waals surface area contributed by atoms with Crippen LogP contribution in [0, 0.1) is 5.92 Å². The highest BCUT2D eigenvalue weighted by molar-refractivity contribution is 5.78. The summed E-state index contributed by atoms with van der Waals surface area (Å²) in [6.45, 7) is 2.55. The van der Waals surface area contributed by atoms with Gasteiger partial charge in [-0.1, -0.05) is 30.9 Å². The minimum Gasteiger partial charge on any atom is -0.342 e. The molecular formula is C18H31N5O. The van der Waals surface area contributed by atoms with Crippen molar-refractivity contribution >= 4 is 5.91 Å². The molecule has 1 saturated carbocycles. The SMILES string of the molecule is CN(C)Cc1cn(C2CCN(C(=O)C3CCCCCC3)CC2)nn1. The van der Waals surface area contributed by atoms with Gasteiger partial charge >= 0.3 is 0 Å². The Kier molecular flexibility index (Phi) is 5.87. The highest BCUT2D eigenvalue weighted by Gasteiger charge is 2.29. The van der Waals surface area contributed by atoms with Gasteiger partial charge in [-0.2, -0.15) is 0 Å². The summed E-state index contributed by atoms with van der Waals surface area (Å²) in [5, 5.41) is 8.56. The summed E-state index contributed by atoms with van der Waals surface area (Å²) in [5.41, 5.74) is 1.01. The minimum atomic E-state index is 0.280. The second-order valence-corrected chi connectivity index (χ2v) is 7.67. The van der Waals surface area contributed by atoms with Crippen molar-refractivity contribution in [3.8, 4) is 0 Å². The average molecular weight is 333 g/mol. The summed E-state index contributed by atoms with van der Waals surface area (Å²) in [6.07, 6.45) is 11.3. The molecule has 0 N–H and O–H groups in total. The molecule has 1 aliphatic carbocycles. The zero-order valence-corrected chi connectivity index (χ0v) is 15.2. The summed E-state index contributed by atoms with van der Waals surface area (Å²) >= 11 is 0. The third kappa shape index (κ3) is 4.35. The van der Waals surface area contributed by atoms with Crippen LogP contribution in [0.1, 0.15) is 63.1 Å². The predicted octanol–water partition coefficient (Wildman–Crippen LogP) is 2.47. The molecule has 2 fully saturated rings. The first kappa shape index (κ1) is 17.4. The maximum Gasteiger partial charge on any atom is 0.225 e. The Hall–Kier alpha value is -1.43. The molecule has 134 valence electrons. The first-order valence-corrected chi connectivity index (χ1v) is 9.47. The highest BCUT2D eigenvalue weighted by Crippen LogP contribution is 2.28. The van der Waals surface area contributed by atoms with E-state index in [0.29, 0.717) is 11.9 Å². The van der Waals surface area contributed by atoms with E-state index in [1.165, 1.54) is 25.7 Å². The minimum absolute atomic E-state index is 0.280. The zero-order chi connectivity index (χ0) is 16.9. The maximum absolute atomic E-state index is 12.8. The zero-order valence-electron chi connectivity index (χ0n) is 15.2. The maximum atomic E-state index is 12.8. The molecule has 1 aliphatic heterocycles. The van der Waals surface area contributed by atoms with Crippen molar-refractivity contribution in [2.45, 2.75) is 64.0 Å². The van der Waals surface area contributed by atoms with Crippen LogP contribution in [-0.2, 0) is 11.3 Å². The fourth-order valence-electron chi connectivity index (χ4n) is 4.02. The first-order chi connectivity index (χ1) is 11.6. The number of hydrogen-bond acceptors (Lipinski definition) is 4. The van der Waals surface area contributed by atoms with Crippen molar-refractivity contribution in [1.82, 2.24) is 24.8 Å². The number of carbonyl (C=O) groups is 1. The molecule has 1 aromatic rings. The number of nitrogens with zero attached hydrogens (tertiary/aromatic N) is 5.